The van der Waals surface area contributed by atoms with Crippen molar-refractivity contribution in [1.82, 2.24) is 19.4 Å². The molecule has 35 heavy (non-hydrogen) atoms. The van der Waals surface area contributed by atoms with Gasteiger partial charge in [-0.05, 0) is 30.3 Å². The Kier molecular flexibility index (Phi) is 5.93. The summed E-state index contributed by atoms with van der Waals surface area (Å²) in [6, 6.07) is 12.3. The number of fused-ring (bicyclic) bond motifs is 1. The van der Waals surface area contributed by atoms with Crippen LogP contribution in [-0.4, -0.2) is 60.1 Å². The van der Waals surface area contributed by atoms with E-state index in [0.29, 0.717) is 47.1 Å². The number of carbonyl (C=O) groups excluding carboxylic acids is 1. The maximum absolute atomic E-state index is 13.3. The minimum absolute atomic E-state index is 0.0238. The van der Waals surface area contributed by atoms with Gasteiger partial charge < -0.3 is 19.6 Å². The molecule has 0 aliphatic carbocycles. The van der Waals surface area contributed by atoms with Gasteiger partial charge in [0.15, 0.2) is 0 Å². The van der Waals surface area contributed by atoms with Crippen LogP contribution in [0, 0.1) is 6.92 Å². The molecule has 1 aliphatic rings. The molecule has 0 radical (unpaired) electrons. The van der Waals surface area contributed by atoms with Gasteiger partial charge in [-0.25, -0.2) is 8.42 Å². The summed E-state index contributed by atoms with van der Waals surface area (Å²) < 4.78 is 37.9. The molecule has 180 valence electrons. The number of amides is 1. The number of benzene rings is 2. The molecule has 2 N–H and O–H groups in total. The van der Waals surface area contributed by atoms with E-state index < -0.39 is 21.5 Å². The fourth-order valence-electron chi connectivity index (χ4n) is 3.90. The predicted molar refractivity (Wildman–Crippen MR) is 127 cm³/mol. The lowest BCUT2D eigenvalue weighted by molar-refractivity contribution is 0.0730. The zero-order chi connectivity index (χ0) is 24.6. The van der Waals surface area contributed by atoms with E-state index in [-0.39, 0.29) is 23.5 Å². The molecule has 0 spiro atoms. The molecule has 1 amide bonds. The van der Waals surface area contributed by atoms with E-state index >= 15 is 0 Å². The van der Waals surface area contributed by atoms with Crippen LogP contribution in [0.1, 0.15) is 16.2 Å². The number of rotatable bonds is 5. The predicted octanol–water partition coefficient (Wildman–Crippen LogP) is 2.16. The Bertz CT molecular complexity index is 1590. The normalized spacial score (nSPS) is 14.8. The molecular formula is C23H21N5O6S. The minimum Gasteiger partial charge on any atom is -0.379 e. The number of carbonyl (C=O) groups is 1. The van der Waals surface area contributed by atoms with Crippen molar-refractivity contribution in [3.8, 4) is 11.4 Å². The van der Waals surface area contributed by atoms with E-state index in [1.54, 1.807) is 31.2 Å². The molecule has 12 heteroatoms. The largest absolute Gasteiger partial charge is 0.379 e. The summed E-state index contributed by atoms with van der Waals surface area (Å²) in [4.78, 5) is 32.5. The van der Waals surface area contributed by atoms with Gasteiger partial charge in [0.05, 0.1) is 29.4 Å². The first kappa shape index (κ1) is 22.9. The molecule has 2 aromatic carbocycles. The van der Waals surface area contributed by atoms with Gasteiger partial charge in [-0.2, -0.15) is 9.29 Å². The number of hydrogen-bond acceptors (Lipinski definition) is 8. The lowest BCUT2D eigenvalue weighted by Crippen LogP contribution is -2.40. The van der Waals surface area contributed by atoms with Crippen molar-refractivity contribution in [3.63, 3.8) is 0 Å². The molecule has 0 atom stereocenters. The van der Waals surface area contributed by atoms with Crippen LogP contribution >= 0.6 is 0 Å². The monoisotopic (exact) mass is 495 g/mol. The van der Waals surface area contributed by atoms with Gasteiger partial charge in [0.25, 0.3) is 5.91 Å². The third-order valence-corrected chi connectivity index (χ3v) is 7.51. The number of anilines is 1. The van der Waals surface area contributed by atoms with Crippen LogP contribution in [0.25, 0.3) is 22.3 Å². The van der Waals surface area contributed by atoms with Crippen molar-refractivity contribution in [2.45, 2.75) is 11.8 Å². The highest BCUT2D eigenvalue weighted by Gasteiger charge is 2.27. The van der Waals surface area contributed by atoms with Crippen molar-refractivity contribution < 1.29 is 22.5 Å². The van der Waals surface area contributed by atoms with Gasteiger partial charge in [0.1, 0.15) is 0 Å². The van der Waals surface area contributed by atoms with Crippen LogP contribution < -0.4 is 10.9 Å². The van der Waals surface area contributed by atoms with Crippen molar-refractivity contribution >= 4 is 32.5 Å². The van der Waals surface area contributed by atoms with Gasteiger partial charge in [-0.3, -0.25) is 9.59 Å². The number of H-pyrrole nitrogens is 1. The molecule has 0 bridgehead atoms. The number of pyridine rings is 1. The maximum atomic E-state index is 13.3. The van der Waals surface area contributed by atoms with Gasteiger partial charge in [0.2, 0.25) is 27.3 Å². The molecule has 1 fully saturated rings. The highest BCUT2D eigenvalue weighted by Crippen LogP contribution is 2.28. The first-order valence-corrected chi connectivity index (χ1v) is 12.2. The highest BCUT2D eigenvalue weighted by atomic mass is 32.2. The molecule has 1 saturated heterocycles. The Morgan fingerprint density at radius 2 is 1.89 bits per heavy atom. The lowest BCUT2D eigenvalue weighted by Gasteiger charge is -2.26. The van der Waals surface area contributed by atoms with E-state index in [4.69, 9.17) is 9.26 Å². The molecular weight excluding hydrogens is 474 g/mol. The number of nitrogens with zero attached hydrogens (tertiary/aromatic N) is 3. The van der Waals surface area contributed by atoms with E-state index in [2.05, 4.69) is 20.4 Å². The number of sulfonamides is 1. The first-order valence-electron chi connectivity index (χ1n) is 10.8. The van der Waals surface area contributed by atoms with E-state index in [0.717, 1.165) is 6.07 Å². The molecule has 1 aliphatic heterocycles. The number of aryl methyl sites for hydroxylation is 1. The molecule has 2 aromatic heterocycles. The second-order valence-corrected chi connectivity index (χ2v) is 9.85. The Morgan fingerprint density at radius 1 is 1.11 bits per heavy atom. The van der Waals surface area contributed by atoms with Crippen molar-refractivity contribution in [1.29, 1.82) is 0 Å². The Balaban J connectivity index is 1.55. The smallest absolute Gasteiger partial charge is 0.256 e. The Hall–Kier alpha value is -3.87. The summed E-state index contributed by atoms with van der Waals surface area (Å²) in [5, 5.41) is 6.98. The quantitative estimate of drug-likeness (QED) is 0.428. The average Bonchev–Trinajstić information content (AvgIpc) is 3.30. The third-order valence-electron chi connectivity index (χ3n) is 5.61. The van der Waals surface area contributed by atoms with Crippen molar-refractivity contribution in [2.75, 3.05) is 31.6 Å². The van der Waals surface area contributed by atoms with Gasteiger partial charge >= 0.3 is 0 Å². The van der Waals surface area contributed by atoms with Crippen LogP contribution in [0.4, 0.5) is 5.69 Å². The molecule has 0 saturated carbocycles. The van der Waals surface area contributed by atoms with Gasteiger partial charge in [0, 0.05) is 42.5 Å². The molecule has 3 heterocycles. The molecule has 4 aromatic rings. The Morgan fingerprint density at radius 3 is 2.63 bits per heavy atom. The van der Waals surface area contributed by atoms with E-state index in [1.165, 1.54) is 22.5 Å². The number of nitrogens with one attached hydrogen (secondary N) is 2. The molecule has 5 rings (SSSR count). The fraction of sp³-hybridized carbons (Fsp3) is 0.217. The van der Waals surface area contributed by atoms with Crippen LogP contribution in [0.15, 0.2) is 62.7 Å². The van der Waals surface area contributed by atoms with Gasteiger partial charge in [-0.15, -0.1) is 0 Å². The summed E-state index contributed by atoms with van der Waals surface area (Å²) in [5.41, 5.74) is 0.812. The van der Waals surface area contributed by atoms with E-state index in [9.17, 15) is 18.0 Å². The highest BCUT2D eigenvalue weighted by molar-refractivity contribution is 7.89. The van der Waals surface area contributed by atoms with Crippen molar-refractivity contribution in [3.05, 3.63) is 70.3 Å². The fourth-order valence-corrected chi connectivity index (χ4v) is 5.34. The molecule has 11 nitrogen and oxygen atoms in total. The van der Waals surface area contributed by atoms with Crippen LogP contribution in [0.2, 0.25) is 0 Å². The summed E-state index contributed by atoms with van der Waals surface area (Å²) in [6.45, 7) is 2.76. The second kappa shape index (κ2) is 9.06. The number of ether oxygens (including phenoxy) is 1. The SMILES string of the molecule is Cc1nc(-c2ccccc2NC(=O)c2cc(=O)[nH]c3ccc(S(=O)(=O)N4CCOCC4)cc23)no1. The zero-order valence-corrected chi connectivity index (χ0v) is 19.5. The second-order valence-electron chi connectivity index (χ2n) is 7.91. The Labute approximate surface area is 199 Å². The summed E-state index contributed by atoms with van der Waals surface area (Å²) in [7, 11) is -3.80. The summed E-state index contributed by atoms with van der Waals surface area (Å²) in [6.07, 6.45) is 0. The molecule has 0 unspecified atom stereocenters. The lowest BCUT2D eigenvalue weighted by atomic mass is 10.1. The topological polar surface area (TPSA) is 147 Å². The van der Waals surface area contributed by atoms with Crippen LogP contribution in [0.5, 0.6) is 0 Å². The minimum atomic E-state index is -3.80. The number of aromatic nitrogens is 3. The number of hydrogen-bond donors (Lipinski definition) is 2. The van der Waals surface area contributed by atoms with E-state index in [1.807, 2.05) is 0 Å². The van der Waals surface area contributed by atoms with Crippen LogP contribution in [-0.2, 0) is 14.8 Å². The zero-order valence-electron chi connectivity index (χ0n) is 18.6. The summed E-state index contributed by atoms with van der Waals surface area (Å²) in [5.74, 6) is 0.0819. The van der Waals surface area contributed by atoms with Gasteiger partial charge in [-0.1, -0.05) is 17.3 Å². The number of aromatic amines is 1. The standard InChI is InChI=1S/C23H21N5O6S/c1-14-24-22(27-34-14)16-4-2-3-5-19(16)26-23(30)18-13-21(29)25-20-7-6-15(12-17(18)20)35(31,32)28-8-10-33-11-9-28/h2-7,12-13H,8-11H2,1H3,(H,25,29)(H,26,30). The maximum Gasteiger partial charge on any atom is 0.256 e. The first-order chi connectivity index (χ1) is 16.8. The average molecular weight is 496 g/mol. The summed E-state index contributed by atoms with van der Waals surface area (Å²) >= 11 is 0. The van der Waals surface area contributed by atoms with Crippen molar-refractivity contribution in [2.24, 2.45) is 0 Å². The number of morpholine rings is 1. The number of para-hydroxylation sites is 1. The third kappa shape index (κ3) is 4.46. The van der Waals surface area contributed by atoms with Crippen LogP contribution in [0.3, 0.4) is 0 Å².